The second-order valence-electron chi connectivity index (χ2n) is 3.68. The van der Waals surface area contributed by atoms with Gasteiger partial charge in [-0.2, -0.15) is 5.26 Å². The molecule has 0 aliphatic rings. The van der Waals surface area contributed by atoms with Crippen LogP contribution in [0.2, 0.25) is 0 Å². The van der Waals surface area contributed by atoms with Gasteiger partial charge in [0.25, 0.3) is 5.69 Å². The first-order chi connectivity index (χ1) is 8.19. The maximum atomic E-state index is 10.7. The second kappa shape index (κ2) is 6.61. The van der Waals surface area contributed by atoms with Crippen molar-refractivity contribution in [3.8, 4) is 6.07 Å². The molecule has 17 heavy (non-hydrogen) atoms. The molecule has 0 spiro atoms. The zero-order valence-electron chi connectivity index (χ0n) is 9.72. The fraction of sp³-hybridized carbons (Fsp3) is 0.417. The monoisotopic (exact) mass is 233 g/mol. The average molecular weight is 233 g/mol. The van der Waals surface area contributed by atoms with Gasteiger partial charge in [0.15, 0.2) is 0 Å². The quantitative estimate of drug-likeness (QED) is 0.465. The number of hydrogen-bond acceptors (Lipinski definition) is 4. The predicted molar refractivity (Wildman–Crippen MR) is 64.4 cm³/mol. The molecule has 0 amide bonds. The summed E-state index contributed by atoms with van der Waals surface area (Å²) in [7, 11) is 0. The van der Waals surface area contributed by atoms with Crippen molar-refractivity contribution in [2.75, 3.05) is 6.54 Å². The lowest BCUT2D eigenvalue weighted by Gasteiger charge is -2.16. The Labute approximate surface area is 100 Å². The number of nitriles is 1. The lowest BCUT2D eigenvalue weighted by molar-refractivity contribution is -0.384. The van der Waals surface area contributed by atoms with E-state index in [0.29, 0.717) is 13.0 Å². The highest BCUT2D eigenvalue weighted by Gasteiger charge is 2.12. The Morgan fingerprint density at radius 2 is 2.35 bits per heavy atom. The largest absolute Gasteiger partial charge is 0.309 e. The Morgan fingerprint density at radius 1 is 1.59 bits per heavy atom. The normalized spacial score (nSPS) is 11.8. The van der Waals surface area contributed by atoms with E-state index >= 15 is 0 Å². The first-order valence-corrected chi connectivity index (χ1v) is 5.53. The summed E-state index contributed by atoms with van der Waals surface area (Å²) in [6, 6.07) is 8.71. The predicted octanol–water partition coefficient (Wildman–Crippen LogP) is 2.55. The molecule has 0 aliphatic carbocycles. The van der Waals surface area contributed by atoms with Crippen molar-refractivity contribution < 1.29 is 4.92 Å². The average Bonchev–Trinajstić information content (AvgIpc) is 2.35. The molecule has 5 nitrogen and oxygen atoms in total. The molecule has 1 atom stereocenters. The van der Waals surface area contributed by atoms with Crippen LogP contribution in [-0.4, -0.2) is 11.5 Å². The highest BCUT2D eigenvalue weighted by Crippen LogP contribution is 2.21. The summed E-state index contributed by atoms with van der Waals surface area (Å²) in [5, 5.41) is 22.3. The first kappa shape index (κ1) is 13.1. The molecule has 0 heterocycles. The maximum Gasteiger partial charge on any atom is 0.269 e. The van der Waals surface area contributed by atoms with E-state index in [-0.39, 0.29) is 11.7 Å². The topological polar surface area (TPSA) is 79.0 Å². The Balaban J connectivity index is 2.77. The van der Waals surface area contributed by atoms with Crippen molar-refractivity contribution in [3.05, 3.63) is 39.9 Å². The Morgan fingerprint density at radius 3 is 2.94 bits per heavy atom. The van der Waals surface area contributed by atoms with Crippen molar-refractivity contribution in [2.24, 2.45) is 0 Å². The summed E-state index contributed by atoms with van der Waals surface area (Å²) in [5.74, 6) is 0. The van der Waals surface area contributed by atoms with Crippen LogP contribution in [0.5, 0.6) is 0 Å². The van der Waals surface area contributed by atoms with Gasteiger partial charge in [-0.15, -0.1) is 0 Å². The van der Waals surface area contributed by atoms with Gasteiger partial charge in [-0.3, -0.25) is 10.1 Å². The number of hydrogen-bond donors (Lipinski definition) is 1. The highest BCUT2D eigenvalue weighted by atomic mass is 16.6. The number of rotatable bonds is 6. The fourth-order valence-corrected chi connectivity index (χ4v) is 1.66. The third-order valence-corrected chi connectivity index (χ3v) is 2.52. The molecule has 1 aromatic rings. The third kappa shape index (κ3) is 3.85. The molecule has 0 bridgehead atoms. The summed E-state index contributed by atoms with van der Waals surface area (Å²) in [6.07, 6.45) is 1.26. The van der Waals surface area contributed by atoms with Gasteiger partial charge in [0.1, 0.15) is 0 Å². The van der Waals surface area contributed by atoms with Crippen molar-refractivity contribution in [3.63, 3.8) is 0 Å². The van der Waals surface area contributed by atoms with Gasteiger partial charge in [-0.05, 0) is 12.0 Å². The van der Waals surface area contributed by atoms with Crippen LogP contribution in [0.4, 0.5) is 5.69 Å². The van der Waals surface area contributed by atoms with Crippen molar-refractivity contribution in [1.29, 1.82) is 5.26 Å². The minimum atomic E-state index is -0.397. The molecule has 90 valence electrons. The molecule has 0 aromatic heterocycles. The summed E-state index contributed by atoms with van der Waals surface area (Å²) in [5.41, 5.74) is 0.989. The fourth-order valence-electron chi connectivity index (χ4n) is 1.66. The smallest absolute Gasteiger partial charge is 0.269 e. The van der Waals surface area contributed by atoms with Crippen LogP contribution in [0.1, 0.15) is 31.4 Å². The van der Waals surface area contributed by atoms with Crippen molar-refractivity contribution >= 4 is 5.69 Å². The van der Waals surface area contributed by atoms with Gasteiger partial charge in [0, 0.05) is 31.1 Å². The zero-order chi connectivity index (χ0) is 12.7. The van der Waals surface area contributed by atoms with Crippen LogP contribution in [0.15, 0.2) is 24.3 Å². The number of non-ortho nitro benzene ring substituents is 1. The number of nitro groups is 1. The molecule has 5 heteroatoms. The van der Waals surface area contributed by atoms with Gasteiger partial charge >= 0.3 is 0 Å². The van der Waals surface area contributed by atoms with E-state index in [4.69, 9.17) is 5.26 Å². The molecule has 0 fully saturated rings. The zero-order valence-corrected chi connectivity index (χ0v) is 9.72. The molecule has 0 saturated carbocycles. The lowest BCUT2D eigenvalue weighted by Crippen LogP contribution is -2.21. The lowest BCUT2D eigenvalue weighted by atomic mass is 10.0. The van der Waals surface area contributed by atoms with Crippen LogP contribution >= 0.6 is 0 Å². The number of nitrogens with zero attached hydrogens (tertiary/aromatic N) is 2. The van der Waals surface area contributed by atoms with Crippen LogP contribution in [-0.2, 0) is 0 Å². The van der Waals surface area contributed by atoms with Crippen molar-refractivity contribution in [1.82, 2.24) is 5.32 Å². The minimum Gasteiger partial charge on any atom is -0.309 e. The Kier molecular flexibility index (Phi) is 5.11. The third-order valence-electron chi connectivity index (χ3n) is 2.52. The molecule has 0 saturated heterocycles. The molecule has 0 radical (unpaired) electrons. The van der Waals surface area contributed by atoms with Gasteiger partial charge in [0.05, 0.1) is 11.0 Å². The molecule has 1 N–H and O–H groups in total. The van der Waals surface area contributed by atoms with Crippen LogP contribution in [0.25, 0.3) is 0 Å². The minimum absolute atomic E-state index is 0.0586. The van der Waals surface area contributed by atoms with E-state index < -0.39 is 4.92 Å². The molecule has 1 aromatic carbocycles. The second-order valence-corrected chi connectivity index (χ2v) is 3.68. The number of nitro benzene ring substituents is 1. The van der Waals surface area contributed by atoms with Gasteiger partial charge < -0.3 is 5.32 Å². The van der Waals surface area contributed by atoms with Crippen LogP contribution < -0.4 is 5.32 Å². The highest BCUT2D eigenvalue weighted by molar-refractivity contribution is 5.35. The van der Waals surface area contributed by atoms with E-state index in [1.807, 2.05) is 13.0 Å². The molecule has 1 rings (SSSR count). The molecular formula is C12H15N3O2. The Hall–Kier alpha value is -1.93. The van der Waals surface area contributed by atoms with Gasteiger partial charge in [-0.1, -0.05) is 19.1 Å². The summed E-state index contributed by atoms with van der Waals surface area (Å²) in [4.78, 5) is 10.3. The van der Waals surface area contributed by atoms with Crippen LogP contribution in [0, 0.1) is 21.4 Å². The summed E-state index contributed by atoms with van der Waals surface area (Å²) >= 11 is 0. The SMILES string of the molecule is CCC(NCCC#N)c1cccc([N+](=O)[O-])c1. The number of benzene rings is 1. The van der Waals surface area contributed by atoms with E-state index in [9.17, 15) is 10.1 Å². The number of nitrogens with one attached hydrogen (secondary N) is 1. The molecule has 1 unspecified atom stereocenters. The maximum absolute atomic E-state index is 10.7. The van der Waals surface area contributed by atoms with E-state index in [0.717, 1.165) is 12.0 Å². The van der Waals surface area contributed by atoms with Crippen LogP contribution in [0.3, 0.4) is 0 Å². The van der Waals surface area contributed by atoms with E-state index in [2.05, 4.69) is 11.4 Å². The van der Waals surface area contributed by atoms with Crippen molar-refractivity contribution in [2.45, 2.75) is 25.8 Å². The van der Waals surface area contributed by atoms with Gasteiger partial charge in [0.2, 0.25) is 0 Å². The standard InChI is InChI=1S/C12H15N3O2/c1-2-12(14-8-4-7-13)10-5-3-6-11(9-10)15(16)17/h3,5-6,9,12,14H,2,4,8H2,1H3. The molecule has 0 aliphatic heterocycles. The van der Waals surface area contributed by atoms with E-state index in [1.54, 1.807) is 12.1 Å². The summed E-state index contributed by atoms with van der Waals surface area (Å²) in [6.45, 7) is 2.60. The first-order valence-electron chi connectivity index (χ1n) is 5.53. The van der Waals surface area contributed by atoms with Gasteiger partial charge in [-0.25, -0.2) is 0 Å². The Bertz CT molecular complexity index is 426. The summed E-state index contributed by atoms with van der Waals surface area (Å²) < 4.78 is 0. The van der Waals surface area contributed by atoms with E-state index in [1.165, 1.54) is 6.07 Å². The molecular weight excluding hydrogens is 218 g/mol.